The van der Waals surface area contributed by atoms with E-state index in [1.54, 1.807) is 13.2 Å². The highest BCUT2D eigenvalue weighted by Crippen LogP contribution is 2.22. The molecule has 1 aromatic heterocycles. The van der Waals surface area contributed by atoms with Gasteiger partial charge in [0, 0.05) is 26.7 Å². The third-order valence-electron chi connectivity index (χ3n) is 3.33. The zero-order chi connectivity index (χ0) is 14.4. The predicted molar refractivity (Wildman–Crippen MR) is 74.9 cm³/mol. The van der Waals surface area contributed by atoms with Crippen molar-refractivity contribution in [2.24, 2.45) is 0 Å². The summed E-state index contributed by atoms with van der Waals surface area (Å²) in [4.78, 5) is 0. The van der Waals surface area contributed by atoms with Gasteiger partial charge in [0.15, 0.2) is 0 Å². The van der Waals surface area contributed by atoms with Crippen molar-refractivity contribution in [3.63, 3.8) is 0 Å². The van der Waals surface area contributed by atoms with Crippen LogP contribution < -0.4 is 5.32 Å². The Morgan fingerprint density at radius 2 is 2.05 bits per heavy atom. The molecular formula is C13H22N2O4S. The summed E-state index contributed by atoms with van der Waals surface area (Å²) in [5.74, 6) is 0.622. The van der Waals surface area contributed by atoms with Crippen molar-refractivity contribution in [3.8, 4) is 0 Å². The molecule has 1 aliphatic rings. The Morgan fingerprint density at radius 1 is 1.30 bits per heavy atom. The van der Waals surface area contributed by atoms with Gasteiger partial charge in [0.05, 0.1) is 13.2 Å². The summed E-state index contributed by atoms with van der Waals surface area (Å²) in [7, 11) is -1.83. The van der Waals surface area contributed by atoms with Gasteiger partial charge in [0.2, 0.25) is 5.09 Å². The van der Waals surface area contributed by atoms with Gasteiger partial charge in [-0.25, -0.2) is 8.42 Å². The molecule has 1 aliphatic heterocycles. The first kappa shape index (κ1) is 15.5. The fourth-order valence-electron chi connectivity index (χ4n) is 2.21. The number of furan rings is 1. The molecule has 0 saturated carbocycles. The van der Waals surface area contributed by atoms with E-state index in [0.717, 1.165) is 19.3 Å². The van der Waals surface area contributed by atoms with Gasteiger partial charge in [0.25, 0.3) is 10.0 Å². The zero-order valence-corrected chi connectivity index (χ0v) is 12.6. The second-order valence-electron chi connectivity index (χ2n) is 4.86. The first-order chi connectivity index (χ1) is 9.64. The van der Waals surface area contributed by atoms with Crippen molar-refractivity contribution in [3.05, 3.63) is 17.9 Å². The fraction of sp³-hybridized carbons (Fsp3) is 0.692. The van der Waals surface area contributed by atoms with Gasteiger partial charge in [-0.2, -0.15) is 4.31 Å². The summed E-state index contributed by atoms with van der Waals surface area (Å²) in [6.07, 6.45) is 2.94. The third kappa shape index (κ3) is 3.82. The Morgan fingerprint density at radius 3 is 2.75 bits per heavy atom. The topological polar surface area (TPSA) is 71.8 Å². The quantitative estimate of drug-likeness (QED) is 0.766. The van der Waals surface area contributed by atoms with Crippen LogP contribution in [0.1, 0.15) is 25.0 Å². The van der Waals surface area contributed by atoms with Gasteiger partial charge in [-0.05, 0) is 25.0 Å². The van der Waals surface area contributed by atoms with E-state index in [4.69, 9.17) is 9.15 Å². The normalized spacial score (nSPS) is 17.4. The molecule has 1 fully saturated rings. The first-order valence-electron chi connectivity index (χ1n) is 6.93. The molecule has 1 saturated heterocycles. The van der Waals surface area contributed by atoms with E-state index >= 15 is 0 Å². The SMILES string of the molecule is COCCNCc1ccc(S(=O)(=O)N2CCCCC2)o1. The first-order valence-corrected chi connectivity index (χ1v) is 8.37. The minimum atomic E-state index is -3.46. The minimum absolute atomic E-state index is 0.0444. The van der Waals surface area contributed by atoms with Gasteiger partial charge >= 0.3 is 0 Å². The van der Waals surface area contributed by atoms with Gasteiger partial charge < -0.3 is 14.5 Å². The second-order valence-corrected chi connectivity index (χ2v) is 6.72. The smallest absolute Gasteiger partial charge is 0.276 e. The van der Waals surface area contributed by atoms with E-state index in [-0.39, 0.29) is 5.09 Å². The van der Waals surface area contributed by atoms with Crippen molar-refractivity contribution >= 4 is 10.0 Å². The van der Waals surface area contributed by atoms with E-state index < -0.39 is 10.0 Å². The number of hydrogen-bond acceptors (Lipinski definition) is 5. The van der Waals surface area contributed by atoms with E-state index in [2.05, 4.69) is 5.32 Å². The maximum Gasteiger partial charge on any atom is 0.276 e. The van der Waals surface area contributed by atoms with Gasteiger partial charge in [-0.1, -0.05) is 6.42 Å². The molecule has 0 unspecified atom stereocenters. The van der Waals surface area contributed by atoms with Crippen LogP contribution in [-0.4, -0.2) is 46.1 Å². The number of piperidine rings is 1. The van der Waals surface area contributed by atoms with Crippen LogP contribution in [0.2, 0.25) is 0 Å². The molecule has 20 heavy (non-hydrogen) atoms. The van der Waals surface area contributed by atoms with Crippen molar-refractivity contribution in [1.82, 2.24) is 9.62 Å². The van der Waals surface area contributed by atoms with Crippen molar-refractivity contribution in [2.75, 3.05) is 33.4 Å². The molecule has 0 bridgehead atoms. The lowest BCUT2D eigenvalue weighted by Crippen LogP contribution is -2.35. The molecule has 0 spiro atoms. The van der Waals surface area contributed by atoms with Crippen LogP contribution in [0.5, 0.6) is 0 Å². The molecule has 0 atom stereocenters. The van der Waals surface area contributed by atoms with Crippen LogP contribution in [0.15, 0.2) is 21.6 Å². The Balaban J connectivity index is 1.96. The predicted octanol–water partition coefficient (Wildman–Crippen LogP) is 1.19. The molecule has 0 aromatic carbocycles. The molecule has 0 aliphatic carbocycles. The molecule has 114 valence electrons. The highest BCUT2D eigenvalue weighted by molar-refractivity contribution is 7.89. The average Bonchev–Trinajstić information content (AvgIpc) is 2.94. The number of methoxy groups -OCH3 is 1. The summed E-state index contributed by atoms with van der Waals surface area (Å²) in [5.41, 5.74) is 0. The molecule has 0 amide bonds. The van der Waals surface area contributed by atoms with Gasteiger partial charge in [-0.15, -0.1) is 0 Å². The zero-order valence-electron chi connectivity index (χ0n) is 11.8. The van der Waals surface area contributed by atoms with E-state index in [9.17, 15) is 8.42 Å². The van der Waals surface area contributed by atoms with Gasteiger partial charge in [0.1, 0.15) is 5.76 Å². The largest absolute Gasteiger partial charge is 0.447 e. The van der Waals surface area contributed by atoms with Crippen molar-refractivity contribution < 1.29 is 17.6 Å². The average molecular weight is 302 g/mol. The van der Waals surface area contributed by atoms with Gasteiger partial charge in [-0.3, -0.25) is 0 Å². The maximum absolute atomic E-state index is 12.4. The number of nitrogens with zero attached hydrogens (tertiary/aromatic N) is 1. The Labute approximate surface area is 120 Å². The second kappa shape index (κ2) is 7.21. The lowest BCUT2D eigenvalue weighted by Gasteiger charge is -2.24. The molecule has 2 heterocycles. The number of ether oxygens (including phenoxy) is 1. The van der Waals surface area contributed by atoms with E-state index in [0.29, 0.717) is 38.5 Å². The highest BCUT2D eigenvalue weighted by Gasteiger charge is 2.28. The van der Waals surface area contributed by atoms with Crippen molar-refractivity contribution in [1.29, 1.82) is 0 Å². The van der Waals surface area contributed by atoms with Crippen LogP contribution in [0.3, 0.4) is 0 Å². The summed E-state index contributed by atoms with van der Waals surface area (Å²) < 4.78 is 36.6. The fourth-order valence-corrected chi connectivity index (χ4v) is 3.66. The highest BCUT2D eigenvalue weighted by atomic mass is 32.2. The Kier molecular flexibility index (Phi) is 5.59. The lowest BCUT2D eigenvalue weighted by atomic mass is 10.2. The van der Waals surface area contributed by atoms with Crippen molar-refractivity contribution in [2.45, 2.75) is 30.9 Å². The summed E-state index contributed by atoms with van der Waals surface area (Å²) in [6.45, 7) is 2.98. The number of nitrogens with one attached hydrogen (secondary N) is 1. The molecule has 6 nitrogen and oxygen atoms in total. The molecule has 1 aromatic rings. The van der Waals surface area contributed by atoms with Crippen LogP contribution >= 0.6 is 0 Å². The maximum atomic E-state index is 12.4. The standard InChI is InChI=1S/C13H22N2O4S/c1-18-10-7-14-11-12-5-6-13(19-12)20(16,17)15-8-3-2-4-9-15/h5-6,14H,2-4,7-11H2,1H3. The number of sulfonamides is 1. The van der Waals surface area contributed by atoms with Crippen LogP contribution in [0.4, 0.5) is 0 Å². The Hall–Kier alpha value is -0.890. The molecule has 2 rings (SSSR count). The number of hydrogen-bond donors (Lipinski definition) is 1. The summed E-state index contributed by atoms with van der Waals surface area (Å²) in [6, 6.07) is 3.24. The van der Waals surface area contributed by atoms with Crippen LogP contribution in [0.25, 0.3) is 0 Å². The lowest BCUT2D eigenvalue weighted by molar-refractivity contribution is 0.198. The number of rotatable bonds is 7. The molecule has 1 N–H and O–H groups in total. The molecule has 0 radical (unpaired) electrons. The van der Waals surface area contributed by atoms with Crippen LogP contribution in [-0.2, 0) is 21.3 Å². The van der Waals surface area contributed by atoms with E-state index in [1.165, 1.54) is 10.4 Å². The summed E-state index contributed by atoms with van der Waals surface area (Å²) in [5, 5.41) is 3.16. The molecule has 7 heteroatoms. The van der Waals surface area contributed by atoms with E-state index in [1.807, 2.05) is 0 Å². The summed E-state index contributed by atoms with van der Waals surface area (Å²) >= 11 is 0. The minimum Gasteiger partial charge on any atom is -0.447 e. The third-order valence-corrected chi connectivity index (χ3v) is 5.10. The molecular weight excluding hydrogens is 280 g/mol. The Bertz CT molecular complexity index is 506. The van der Waals surface area contributed by atoms with Crippen LogP contribution in [0, 0.1) is 0 Å². The monoisotopic (exact) mass is 302 g/mol.